The fourth-order valence-corrected chi connectivity index (χ4v) is 4.87. The number of benzene rings is 1. The van der Waals surface area contributed by atoms with E-state index in [0.717, 1.165) is 0 Å². The minimum Gasteiger partial charge on any atom is -0.494 e. The molecule has 3 aromatic rings. The number of ether oxygens (including phenoxy) is 2. The van der Waals surface area contributed by atoms with Gasteiger partial charge in [0, 0.05) is 12.1 Å². The zero-order chi connectivity index (χ0) is 22.8. The summed E-state index contributed by atoms with van der Waals surface area (Å²) in [5.41, 5.74) is 7.34. The highest BCUT2D eigenvalue weighted by atomic mass is 32.1. The molecule has 4 N–H and O–H groups in total. The van der Waals surface area contributed by atoms with Crippen LogP contribution in [0, 0.1) is 22.7 Å². The Morgan fingerprint density at radius 3 is 2.84 bits per heavy atom. The molecule has 3 heterocycles. The van der Waals surface area contributed by atoms with Crippen LogP contribution in [0.15, 0.2) is 53.2 Å². The van der Waals surface area contributed by atoms with Crippen molar-refractivity contribution in [3.8, 4) is 23.6 Å². The van der Waals surface area contributed by atoms with E-state index in [1.54, 1.807) is 24.3 Å². The molecule has 0 radical (unpaired) electrons. The monoisotopic (exact) mass is 445 g/mol. The smallest absolute Gasteiger partial charge is 0.256 e. The molecule has 0 saturated carbocycles. The first-order valence-electron chi connectivity index (χ1n) is 9.82. The van der Waals surface area contributed by atoms with Crippen molar-refractivity contribution in [2.75, 3.05) is 18.5 Å². The Hall–Kier alpha value is -4.21. The van der Waals surface area contributed by atoms with Crippen LogP contribution in [0.2, 0.25) is 0 Å². The molecule has 9 heteroatoms. The van der Waals surface area contributed by atoms with Crippen molar-refractivity contribution in [1.29, 1.82) is 10.5 Å². The molecule has 32 heavy (non-hydrogen) atoms. The van der Waals surface area contributed by atoms with Crippen molar-refractivity contribution in [1.82, 2.24) is 4.98 Å². The third-order valence-corrected chi connectivity index (χ3v) is 6.21. The lowest BCUT2D eigenvalue weighted by Gasteiger charge is -2.27. The average molecular weight is 446 g/mol. The van der Waals surface area contributed by atoms with Gasteiger partial charge in [-0.05, 0) is 13.0 Å². The number of thiophene rings is 1. The largest absolute Gasteiger partial charge is 0.494 e. The lowest BCUT2D eigenvalue weighted by atomic mass is 9.83. The maximum atomic E-state index is 13.3. The molecule has 0 spiro atoms. The molecule has 160 valence electrons. The van der Waals surface area contributed by atoms with Crippen LogP contribution in [-0.4, -0.2) is 18.1 Å². The molecule has 1 atom stereocenters. The van der Waals surface area contributed by atoms with E-state index in [-0.39, 0.29) is 22.8 Å². The summed E-state index contributed by atoms with van der Waals surface area (Å²) in [5, 5.41) is 23.2. The molecule has 1 unspecified atom stereocenters. The molecule has 8 nitrogen and oxygen atoms in total. The molecule has 1 aliphatic heterocycles. The summed E-state index contributed by atoms with van der Waals surface area (Å²) in [6, 6.07) is 11.4. The molecule has 0 fully saturated rings. The molecule has 1 aromatic carbocycles. The van der Waals surface area contributed by atoms with Gasteiger partial charge in [0.05, 0.1) is 28.3 Å². The van der Waals surface area contributed by atoms with Gasteiger partial charge < -0.3 is 25.5 Å². The fourth-order valence-electron chi connectivity index (χ4n) is 3.76. The van der Waals surface area contributed by atoms with Gasteiger partial charge in [-0.15, -0.1) is 17.9 Å². The van der Waals surface area contributed by atoms with E-state index >= 15 is 0 Å². The molecule has 0 bridgehead atoms. The van der Waals surface area contributed by atoms with Crippen molar-refractivity contribution >= 4 is 26.6 Å². The number of nitrogens with one attached hydrogen (secondary N) is 2. The lowest BCUT2D eigenvalue weighted by Crippen LogP contribution is -2.28. The number of pyridine rings is 1. The number of hydrogen-bond donors (Lipinski definition) is 3. The zero-order valence-electron chi connectivity index (χ0n) is 17.2. The number of rotatable bonds is 6. The van der Waals surface area contributed by atoms with Crippen molar-refractivity contribution < 1.29 is 9.47 Å². The first-order chi connectivity index (χ1) is 15.5. The number of aromatic nitrogens is 1. The molecule has 0 saturated heterocycles. The van der Waals surface area contributed by atoms with Gasteiger partial charge in [-0.1, -0.05) is 24.3 Å². The number of anilines is 1. The van der Waals surface area contributed by atoms with E-state index < -0.39 is 11.5 Å². The highest BCUT2D eigenvalue weighted by molar-refractivity contribution is 7.23. The minimum absolute atomic E-state index is 0.0873. The summed E-state index contributed by atoms with van der Waals surface area (Å²) < 4.78 is 12.1. The molecule has 4 rings (SSSR count). The number of hydrogen-bond acceptors (Lipinski definition) is 8. The van der Waals surface area contributed by atoms with Crippen LogP contribution >= 0.6 is 11.3 Å². The van der Waals surface area contributed by atoms with Crippen LogP contribution < -0.4 is 26.1 Å². The van der Waals surface area contributed by atoms with E-state index in [9.17, 15) is 15.3 Å². The Labute approximate surface area is 187 Å². The topological polar surface area (TPSA) is 137 Å². The fraction of sp³-hybridized carbons (Fsp3) is 0.174. The maximum absolute atomic E-state index is 13.3. The van der Waals surface area contributed by atoms with Crippen molar-refractivity contribution in [3.63, 3.8) is 0 Å². The predicted octanol–water partition coefficient (Wildman–Crippen LogP) is 3.68. The van der Waals surface area contributed by atoms with Gasteiger partial charge in [0.2, 0.25) is 5.88 Å². The molecule has 2 aromatic heterocycles. The summed E-state index contributed by atoms with van der Waals surface area (Å²) in [7, 11) is 0. The van der Waals surface area contributed by atoms with Crippen molar-refractivity contribution in [2.24, 2.45) is 5.73 Å². The number of nitriles is 2. The quantitative estimate of drug-likeness (QED) is 0.492. The van der Waals surface area contributed by atoms with Crippen LogP contribution in [0.4, 0.5) is 5.00 Å². The Morgan fingerprint density at radius 1 is 1.38 bits per heavy atom. The molecule has 1 aliphatic rings. The van der Waals surface area contributed by atoms with E-state index in [2.05, 4.69) is 29.0 Å². The average Bonchev–Trinajstić information content (AvgIpc) is 3.14. The summed E-state index contributed by atoms with van der Waals surface area (Å²) in [6.07, 6.45) is 1.67. The van der Waals surface area contributed by atoms with Gasteiger partial charge in [-0.2, -0.15) is 10.5 Å². The summed E-state index contributed by atoms with van der Waals surface area (Å²) in [4.78, 5) is 16.1. The Kier molecular flexibility index (Phi) is 5.59. The van der Waals surface area contributed by atoms with Crippen LogP contribution in [-0.2, 0) is 0 Å². The predicted molar refractivity (Wildman–Crippen MR) is 123 cm³/mol. The van der Waals surface area contributed by atoms with Crippen LogP contribution in [0.3, 0.4) is 0 Å². The highest BCUT2D eigenvalue weighted by Crippen LogP contribution is 2.48. The molecule has 0 amide bonds. The first-order valence-corrected chi connectivity index (χ1v) is 10.6. The SMILES string of the molecule is C=CCNc1sc2c3c(c(=O)[nH]c2c1C#N)C(c1ccccc1OCC)C(C#N)=C(N)O3. The second-order valence-corrected chi connectivity index (χ2v) is 7.90. The summed E-state index contributed by atoms with van der Waals surface area (Å²) in [5.74, 6) is -0.0811. The Morgan fingerprint density at radius 2 is 2.16 bits per heavy atom. The van der Waals surface area contributed by atoms with Crippen LogP contribution in [0.1, 0.15) is 29.5 Å². The van der Waals surface area contributed by atoms with Crippen LogP contribution in [0.5, 0.6) is 11.5 Å². The number of aromatic amines is 1. The van der Waals surface area contributed by atoms with Gasteiger partial charge in [-0.25, -0.2) is 0 Å². The van der Waals surface area contributed by atoms with Gasteiger partial charge in [0.15, 0.2) is 5.75 Å². The third-order valence-electron chi connectivity index (χ3n) is 5.07. The van der Waals surface area contributed by atoms with Gasteiger partial charge in [0.1, 0.15) is 34.0 Å². The molecule has 0 aliphatic carbocycles. The Balaban J connectivity index is 2.05. The lowest BCUT2D eigenvalue weighted by molar-refractivity contribution is 0.334. The Bertz CT molecular complexity index is 1400. The summed E-state index contributed by atoms with van der Waals surface area (Å²) >= 11 is 1.27. The second kappa shape index (κ2) is 8.50. The van der Waals surface area contributed by atoms with Crippen molar-refractivity contribution in [3.05, 3.63) is 75.4 Å². The highest BCUT2D eigenvalue weighted by Gasteiger charge is 2.37. The number of fused-ring (bicyclic) bond motifs is 3. The van der Waals surface area contributed by atoms with Gasteiger partial charge >= 0.3 is 0 Å². The molecular formula is C23H19N5O3S. The number of nitrogens with zero attached hydrogens (tertiary/aromatic N) is 2. The van der Waals surface area contributed by atoms with Gasteiger partial charge in [-0.3, -0.25) is 4.79 Å². The number of H-pyrrole nitrogens is 1. The van der Waals surface area contributed by atoms with Crippen LogP contribution in [0.25, 0.3) is 10.2 Å². The van der Waals surface area contributed by atoms with E-state index in [1.807, 2.05) is 13.0 Å². The minimum atomic E-state index is -0.781. The van der Waals surface area contributed by atoms with E-state index in [4.69, 9.17) is 15.2 Å². The number of nitrogens with two attached hydrogens (primary N) is 1. The van der Waals surface area contributed by atoms with E-state index in [1.165, 1.54) is 11.3 Å². The normalized spacial score (nSPS) is 14.8. The van der Waals surface area contributed by atoms with E-state index in [0.29, 0.717) is 45.2 Å². The maximum Gasteiger partial charge on any atom is 0.256 e. The molecular weight excluding hydrogens is 426 g/mol. The third kappa shape index (κ3) is 3.25. The number of allylic oxidation sites excluding steroid dienone is 1. The standard InChI is InChI=1S/C23H19N5O3S/c1-3-9-27-23-14(11-25)18-20(32-23)19-17(22(29)28-18)16(13(10-24)21(26)31-19)12-7-5-6-8-15(12)30-4-2/h3,5-8,16,27H,1,4,9,26H2,2H3,(H,28,29). The van der Waals surface area contributed by atoms with Gasteiger partial charge in [0.25, 0.3) is 5.56 Å². The van der Waals surface area contributed by atoms with Crippen molar-refractivity contribution in [2.45, 2.75) is 12.8 Å². The first kappa shape index (κ1) is 21.0. The number of para-hydroxylation sites is 1. The summed E-state index contributed by atoms with van der Waals surface area (Å²) in [6.45, 7) is 6.39. The second-order valence-electron chi connectivity index (χ2n) is 6.88. The zero-order valence-corrected chi connectivity index (χ0v) is 18.0.